The lowest BCUT2D eigenvalue weighted by atomic mass is 9.88. The molecule has 0 aliphatic carbocycles. The molecule has 0 radical (unpaired) electrons. The van der Waals surface area contributed by atoms with Crippen LogP contribution in [-0.4, -0.2) is 36.1 Å². The Hall–Kier alpha value is -1.07. The molecule has 2 rings (SSSR count). The molecule has 5 heteroatoms. The Balaban J connectivity index is 1.99. The Morgan fingerprint density at radius 1 is 1.25 bits per heavy atom. The van der Waals surface area contributed by atoms with Gasteiger partial charge in [0.1, 0.15) is 11.9 Å². The quantitative estimate of drug-likeness (QED) is 0.919. The van der Waals surface area contributed by atoms with Gasteiger partial charge in [0.15, 0.2) is 0 Å². The number of likely N-dealkylation sites (tertiary alicyclic amines) is 1. The van der Waals surface area contributed by atoms with Gasteiger partial charge >= 0.3 is 0 Å². The van der Waals surface area contributed by atoms with E-state index in [4.69, 9.17) is 0 Å². The third-order valence-electron chi connectivity index (χ3n) is 3.98. The molecule has 1 unspecified atom stereocenters. The van der Waals surface area contributed by atoms with Crippen molar-refractivity contribution in [3.63, 3.8) is 0 Å². The molecular weight excluding hydrogens is 267 g/mol. The number of piperidine rings is 1. The molecule has 0 bridgehead atoms. The van der Waals surface area contributed by atoms with E-state index in [1.54, 1.807) is 0 Å². The second kappa shape index (κ2) is 6.14. The molecule has 1 aromatic rings. The maximum absolute atomic E-state index is 14.1. The molecule has 1 atom stereocenters. The maximum atomic E-state index is 14.1. The number of aliphatic hydroxyl groups excluding tert-OH is 1. The second-order valence-electron chi connectivity index (χ2n) is 5.67. The van der Waals surface area contributed by atoms with Crippen molar-refractivity contribution < 1.29 is 18.3 Å². The predicted octanol–water partition coefficient (Wildman–Crippen LogP) is 3.23. The van der Waals surface area contributed by atoms with Crippen LogP contribution in [0.2, 0.25) is 0 Å². The number of alkyl halides is 2. The maximum Gasteiger partial charge on any atom is 0.277 e. The average molecular weight is 287 g/mol. The van der Waals surface area contributed by atoms with Crippen molar-refractivity contribution in [2.45, 2.75) is 31.3 Å². The van der Waals surface area contributed by atoms with Crippen molar-refractivity contribution in [2.24, 2.45) is 5.92 Å². The second-order valence-corrected chi connectivity index (χ2v) is 5.67. The Morgan fingerprint density at radius 3 is 2.35 bits per heavy atom. The van der Waals surface area contributed by atoms with Crippen LogP contribution in [0.15, 0.2) is 24.3 Å². The molecular formula is C15H20F3NO. The van der Waals surface area contributed by atoms with Crippen molar-refractivity contribution in [2.75, 3.05) is 20.1 Å². The summed E-state index contributed by atoms with van der Waals surface area (Å²) in [6.07, 6.45) is -0.744. The Kier molecular flexibility index (Phi) is 4.70. The number of hydrogen-bond donors (Lipinski definition) is 1. The monoisotopic (exact) mass is 287 g/mol. The topological polar surface area (TPSA) is 23.5 Å². The first kappa shape index (κ1) is 15.3. The fraction of sp³-hybridized carbons (Fsp3) is 0.600. The van der Waals surface area contributed by atoms with E-state index in [1.165, 1.54) is 12.1 Å². The minimum Gasteiger partial charge on any atom is -0.382 e. The van der Waals surface area contributed by atoms with Gasteiger partial charge in [0.25, 0.3) is 5.92 Å². The van der Waals surface area contributed by atoms with Gasteiger partial charge in [0.05, 0.1) is 0 Å². The highest BCUT2D eigenvalue weighted by molar-refractivity contribution is 5.20. The summed E-state index contributed by atoms with van der Waals surface area (Å²) in [7, 11) is 1.97. The van der Waals surface area contributed by atoms with Crippen LogP contribution in [0.4, 0.5) is 13.2 Å². The third-order valence-corrected chi connectivity index (χ3v) is 3.98. The summed E-state index contributed by atoms with van der Waals surface area (Å²) in [5.74, 6) is -3.76. The van der Waals surface area contributed by atoms with Crippen molar-refractivity contribution in [1.82, 2.24) is 4.90 Å². The van der Waals surface area contributed by atoms with Gasteiger partial charge in [-0.25, -0.2) is 13.2 Å². The minimum atomic E-state index is -3.18. The highest BCUT2D eigenvalue weighted by Gasteiger charge is 2.41. The minimum absolute atomic E-state index is 0.0596. The Morgan fingerprint density at radius 2 is 1.80 bits per heavy atom. The van der Waals surface area contributed by atoms with Gasteiger partial charge in [-0.15, -0.1) is 0 Å². The highest BCUT2D eigenvalue weighted by Crippen LogP contribution is 2.39. The van der Waals surface area contributed by atoms with Gasteiger partial charge in [-0.1, -0.05) is 12.1 Å². The molecule has 20 heavy (non-hydrogen) atoms. The summed E-state index contributed by atoms with van der Waals surface area (Å²) in [6, 6.07) is 4.60. The van der Waals surface area contributed by atoms with Gasteiger partial charge in [0.2, 0.25) is 0 Å². The molecule has 1 aliphatic rings. The summed E-state index contributed by atoms with van der Waals surface area (Å²) in [4.78, 5) is 2.12. The fourth-order valence-corrected chi connectivity index (χ4v) is 2.65. The van der Waals surface area contributed by atoms with Crippen molar-refractivity contribution in [1.29, 1.82) is 0 Å². The van der Waals surface area contributed by atoms with Crippen LogP contribution in [0.1, 0.15) is 30.9 Å². The van der Waals surface area contributed by atoms with E-state index < -0.39 is 17.8 Å². The third kappa shape index (κ3) is 3.73. The summed E-state index contributed by atoms with van der Waals surface area (Å²) in [5, 5.41) is 9.84. The zero-order chi connectivity index (χ0) is 14.8. The predicted molar refractivity (Wildman–Crippen MR) is 71.1 cm³/mol. The van der Waals surface area contributed by atoms with Crippen molar-refractivity contribution >= 4 is 0 Å². The molecule has 0 saturated carbocycles. The first-order chi connectivity index (χ1) is 9.38. The average Bonchev–Trinajstić information content (AvgIpc) is 2.41. The molecule has 1 fully saturated rings. The largest absolute Gasteiger partial charge is 0.382 e. The summed E-state index contributed by atoms with van der Waals surface area (Å²) >= 11 is 0. The first-order valence-electron chi connectivity index (χ1n) is 6.88. The van der Waals surface area contributed by atoms with Gasteiger partial charge in [-0.3, -0.25) is 0 Å². The van der Waals surface area contributed by atoms with Crippen molar-refractivity contribution in [3.8, 4) is 0 Å². The lowest BCUT2D eigenvalue weighted by molar-refractivity contribution is -0.127. The smallest absolute Gasteiger partial charge is 0.277 e. The number of halogens is 3. The van der Waals surface area contributed by atoms with Crippen LogP contribution >= 0.6 is 0 Å². The van der Waals surface area contributed by atoms with Crippen LogP contribution < -0.4 is 0 Å². The van der Waals surface area contributed by atoms with Gasteiger partial charge < -0.3 is 10.0 Å². The molecule has 0 spiro atoms. The van der Waals surface area contributed by atoms with E-state index in [-0.39, 0.29) is 17.9 Å². The lowest BCUT2D eigenvalue weighted by Gasteiger charge is -2.32. The van der Waals surface area contributed by atoms with Crippen LogP contribution in [0.5, 0.6) is 0 Å². The van der Waals surface area contributed by atoms with Crippen molar-refractivity contribution in [3.05, 3.63) is 35.6 Å². The summed E-state index contributed by atoms with van der Waals surface area (Å²) in [6.45, 7) is 1.63. The van der Waals surface area contributed by atoms with E-state index in [0.717, 1.165) is 38.1 Å². The molecule has 1 saturated heterocycles. The summed E-state index contributed by atoms with van der Waals surface area (Å²) in [5.41, 5.74) is 0.0596. The number of rotatable bonds is 4. The Labute approximate surface area is 117 Å². The van der Waals surface area contributed by atoms with E-state index in [0.29, 0.717) is 0 Å². The zero-order valence-corrected chi connectivity index (χ0v) is 11.5. The standard InChI is InChI=1S/C15H20F3NO/c1-19-8-6-11(7-9-19)10-15(17,18)14(20)12-2-4-13(16)5-3-12/h2-5,11,14,20H,6-10H2,1H3. The summed E-state index contributed by atoms with van der Waals surface area (Å²) < 4.78 is 41.0. The molecule has 1 N–H and O–H groups in total. The molecule has 112 valence electrons. The molecule has 1 heterocycles. The number of aliphatic hydroxyl groups is 1. The van der Waals surface area contributed by atoms with Gasteiger partial charge in [-0.05, 0) is 56.6 Å². The molecule has 1 aliphatic heterocycles. The van der Waals surface area contributed by atoms with Gasteiger partial charge in [-0.2, -0.15) is 0 Å². The molecule has 1 aromatic carbocycles. The van der Waals surface area contributed by atoms with E-state index >= 15 is 0 Å². The van der Waals surface area contributed by atoms with Gasteiger partial charge in [0, 0.05) is 6.42 Å². The number of nitrogens with zero attached hydrogens (tertiary/aromatic N) is 1. The zero-order valence-electron chi connectivity index (χ0n) is 11.5. The first-order valence-corrected chi connectivity index (χ1v) is 6.88. The SMILES string of the molecule is CN1CCC(CC(F)(F)C(O)c2ccc(F)cc2)CC1. The molecule has 0 aromatic heterocycles. The number of hydrogen-bond acceptors (Lipinski definition) is 2. The fourth-order valence-electron chi connectivity index (χ4n) is 2.65. The lowest BCUT2D eigenvalue weighted by Crippen LogP contribution is -2.35. The van der Waals surface area contributed by atoms with E-state index in [1.807, 2.05) is 7.05 Å². The van der Waals surface area contributed by atoms with E-state index in [2.05, 4.69) is 4.90 Å². The van der Waals surface area contributed by atoms with E-state index in [9.17, 15) is 18.3 Å². The molecule has 0 amide bonds. The van der Waals surface area contributed by atoms with Crippen LogP contribution in [0, 0.1) is 11.7 Å². The Bertz CT molecular complexity index is 427. The van der Waals surface area contributed by atoms with Crippen LogP contribution in [0.25, 0.3) is 0 Å². The molecule has 2 nitrogen and oxygen atoms in total. The number of benzene rings is 1. The highest BCUT2D eigenvalue weighted by atomic mass is 19.3. The van der Waals surface area contributed by atoms with Crippen LogP contribution in [-0.2, 0) is 0 Å². The normalized spacial score (nSPS) is 20.1. The van der Waals surface area contributed by atoms with Crippen LogP contribution in [0.3, 0.4) is 0 Å².